The largest absolute Gasteiger partial charge is 0.497 e. The van der Waals surface area contributed by atoms with Crippen molar-refractivity contribution in [2.45, 2.75) is 64.1 Å². The molecule has 0 radical (unpaired) electrons. The topological polar surface area (TPSA) is 114 Å². The van der Waals surface area contributed by atoms with Crippen LogP contribution in [0.4, 0.5) is 5.69 Å². The highest BCUT2D eigenvalue weighted by Crippen LogP contribution is 2.34. The van der Waals surface area contributed by atoms with Gasteiger partial charge in [0.1, 0.15) is 18.3 Å². The number of carbonyl (C=O) groups is 2. The summed E-state index contributed by atoms with van der Waals surface area (Å²) in [5.74, 6) is 0.511. The van der Waals surface area contributed by atoms with E-state index in [9.17, 15) is 18.0 Å². The fourth-order valence-electron chi connectivity index (χ4n) is 4.63. The Morgan fingerprint density at radius 2 is 1.48 bits per heavy atom. The molecule has 2 atom stereocenters. The van der Waals surface area contributed by atoms with Gasteiger partial charge in [-0.1, -0.05) is 43.7 Å². The van der Waals surface area contributed by atoms with E-state index in [1.54, 1.807) is 43.5 Å². The minimum atomic E-state index is -4.23. The minimum absolute atomic E-state index is 0.0222. The van der Waals surface area contributed by atoms with Gasteiger partial charge in [-0.2, -0.15) is 0 Å². The van der Waals surface area contributed by atoms with Crippen LogP contribution in [0.1, 0.15) is 44.7 Å². The van der Waals surface area contributed by atoms with Crippen LogP contribution in [0.5, 0.6) is 17.2 Å². The van der Waals surface area contributed by atoms with Crippen LogP contribution in [-0.2, 0) is 26.2 Å². The van der Waals surface area contributed by atoms with Crippen LogP contribution in [0.2, 0.25) is 0 Å². The highest BCUT2D eigenvalue weighted by atomic mass is 32.2. The third kappa shape index (κ3) is 8.22. The Hall–Kier alpha value is -4.25. The summed E-state index contributed by atoms with van der Waals surface area (Å²) >= 11 is 0. The molecule has 0 unspecified atom stereocenters. The molecule has 11 heteroatoms. The molecule has 0 saturated carbocycles. The summed E-state index contributed by atoms with van der Waals surface area (Å²) in [5.41, 5.74) is 1.85. The SMILES string of the molecule is CC[C@@H](C)NC(=O)[C@H](CC)N(Cc1ccc(OC)cc1)C(=O)CN(c1ccc(OC)c(OC)c1)S(=O)(=O)c1ccc(C)cc1. The fourth-order valence-corrected chi connectivity index (χ4v) is 6.04. The Labute approximate surface area is 261 Å². The van der Waals surface area contributed by atoms with E-state index in [-0.39, 0.29) is 29.1 Å². The zero-order valence-corrected chi connectivity index (χ0v) is 27.3. The summed E-state index contributed by atoms with van der Waals surface area (Å²) < 4.78 is 45.4. The van der Waals surface area contributed by atoms with Crippen molar-refractivity contribution in [1.82, 2.24) is 10.2 Å². The van der Waals surface area contributed by atoms with E-state index in [0.717, 1.165) is 21.9 Å². The van der Waals surface area contributed by atoms with E-state index < -0.39 is 28.5 Å². The number of carbonyl (C=O) groups excluding carboxylic acids is 2. The van der Waals surface area contributed by atoms with Crippen molar-refractivity contribution in [3.63, 3.8) is 0 Å². The highest BCUT2D eigenvalue weighted by molar-refractivity contribution is 7.92. The van der Waals surface area contributed by atoms with E-state index in [1.165, 1.54) is 37.3 Å². The highest BCUT2D eigenvalue weighted by Gasteiger charge is 2.34. The fraction of sp³-hybridized carbons (Fsp3) is 0.394. The molecule has 44 heavy (non-hydrogen) atoms. The van der Waals surface area contributed by atoms with Crippen molar-refractivity contribution in [1.29, 1.82) is 0 Å². The molecule has 0 saturated heterocycles. The predicted molar refractivity (Wildman–Crippen MR) is 171 cm³/mol. The van der Waals surface area contributed by atoms with E-state index in [2.05, 4.69) is 5.32 Å². The Morgan fingerprint density at radius 1 is 0.841 bits per heavy atom. The van der Waals surface area contributed by atoms with Gasteiger partial charge in [0.25, 0.3) is 10.0 Å². The molecule has 3 aromatic carbocycles. The summed E-state index contributed by atoms with van der Waals surface area (Å²) in [6.07, 6.45) is 1.04. The van der Waals surface area contributed by atoms with Crippen LogP contribution >= 0.6 is 0 Å². The van der Waals surface area contributed by atoms with Crippen LogP contribution < -0.4 is 23.8 Å². The monoisotopic (exact) mass is 625 g/mol. The molecule has 2 amide bonds. The van der Waals surface area contributed by atoms with Crippen molar-refractivity contribution in [2.75, 3.05) is 32.2 Å². The molecule has 3 rings (SSSR count). The number of nitrogens with one attached hydrogen (secondary N) is 1. The Bertz CT molecular complexity index is 1510. The summed E-state index contributed by atoms with van der Waals surface area (Å²) in [6.45, 7) is 7.06. The molecule has 0 fully saturated rings. The van der Waals surface area contributed by atoms with Crippen molar-refractivity contribution in [2.24, 2.45) is 0 Å². The lowest BCUT2D eigenvalue weighted by Crippen LogP contribution is -2.53. The number of rotatable bonds is 15. The van der Waals surface area contributed by atoms with Gasteiger partial charge in [0.2, 0.25) is 11.8 Å². The number of hydrogen-bond donors (Lipinski definition) is 1. The lowest BCUT2D eigenvalue weighted by Gasteiger charge is -2.34. The summed E-state index contributed by atoms with van der Waals surface area (Å²) in [6, 6.07) is 17.3. The smallest absolute Gasteiger partial charge is 0.264 e. The molecule has 0 aliphatic heterocycles. The molecule has 238 valence electrons. The van der Waals surface area contributed by atoms with Gasteiger partial charge >= 0.3 is 0 Å². The number of benzene rings is 3. The van der Waals surface area contributed by atoms with Crippen molar-refractivity contribution in [3.8, 4) is 17.2 Å². The summed E-state index contributed by atoms with van der Waals surface area (Å²) in [4.78, 5) is 29.2. The lowest BCUT2D eigenvalue weighted by atomic mass is 10.1. The number of hydrogen-bond acceptors (Lipinski definition) is 7. The molecule has 0 bridgehead atoms. The van der Waals surface area contributed by atoms with Crippen molar-refractivity contribution < 1.29 is 32.2 Å². The van der Waals surface area contributed by atoms with E-state index in [4.69, 9.17) is 14.2 Å². The summed E-state index contributed by atoms with van der Waals surface area (Å²) in [7, 11) is 0.264. The average Bonchev–Trinajstić information content (AvgIpc) is 3.03. The number of ether oxygens (including phenoxy) is 3. The van der Waals surface area contributed by atoms with Crippen LogP contribution in [0, 0.1) is 6.92 Å². The maximum Gasteiger partial charge on any atom is 0.264 e. The predicted octanol–water partition coefficient (Wildman–Crippen LogP) is 4.94. The molecule has 1 N–H and O–H groups in total. The van der Waals surface area contributed by atoms with Gasteiger partial charge in [0, 0.05) is 18.7 Å². The van der Waals surface area contributed by atoms with Gasteiger partial charge in [-0.15, -0.1) is 0 Å². The maximum atomic E-state index is 14.3. The van der Waals surface area contributed by atoms with Crippen LogP contribution in [0.3, 0.4) is 0 Å². The second-order valence-corrected chi connectivity index (χ2v) is 12.3. The summed E-state index contributed by atoms with van der Waals surface area (Å²) in [5, 5.41) is 2.98. The first-order valence-electron chi connectivity index (χ1n) is 14.5. The molecule has 0 heterocycles. The zero-order valence-electron chi connectivity index (χ0n) is 26.5. The number of amides is 2. The Kier molecular flexibility index (Phi) is 12.0. The van der Waals surface area contributed by atoms with E-state index >= 15 is 0 Å². The molecule has 10 nitrogen and oxygen atoms in total. The molecule has 0 aromatic heterocycles. The minimum Gasteiger partial charge on any atom is -0.497 e. The maximum absolute atomic E-state index is 14.3. The number of aryl methyl sites for hydroxylation is 1. The van der Waals surface area contributed by atoms with Crippen LogP contribution in [-0.4, -0.2) is 65.1 Å². The third-order valence-corrected chi connectivity index (χ3v) is 9.23. The number of nitrogens with zero attached hydrogens (tertiary/aromatic N) is 2. The van der Waals surface area contributed by atoms with Gasteiger partial charge in [-0.25, -0.2) is 8.42 Å². The molecule has 0 aliphatic carbocycles. The second-order valence-electron chi connectivity index (χ2n) is 10.5. The quantitative estimate of drug-likeness (QED) is 0.255. The zero-order chi connectivity index (χ0) is 32.4. The third-order valence-electron chi connectivity index (χ3n) is 7.44. The Morgan fingerprint density at radius 3 is 2.02 bits per heavy atom. The number of anilines is 1. The molecule has 3 aromatic rings. The first-order valence-corrected chi connectivity index (χ1v) is 16.0. The second kappa shape index (κ2) is 15.5. The van der Waals surface area contributed by atoms with Gasteiger partial charge in [0.15, 0.2) is 11.5 Å². The average molecular weight is 626 g/mol. The lowest BCUT2D eigenvalue weighted by molar-refractivity contribution is -0.140. The van der Waals surface area contributed by atoms with Gasteiger partial charge in [-0.3, -0.25) is 13.9 Å². The Balaban J connectivity index is 2.11. The molecule has 0 aliphatic rings. The first-order chi connectivity index (χ1) is 21.0. The van der Waals surface area contributed by atoms with Gasteiger partial charge < -0.3 is 24.4 Å². The van der Waals surface area contributed by atoms with Crippen LogP contribution in [0.15, 0.2) is 71.6 Å². The van der Waals surface area contributed by atoms with Gasteiger partial charge in [-0.05, 0) is 68.7 Å². The standard InChI is InChI=1S/C33H43N3O7S/c1-8-24(4)34-33(38)29(9-2)35(21-25-12-15-27(41-5)16-13-25)32(37)22-36(26-14-19-30(42-6)31(20-26)43-7)44(39,40)28-17-10-23(3)11-18-28/h10-20,24,29H,8-9,21-22H2,1-7H3,(H,34,38)/t24-,29+/m1/s1. The molecule has 0 spiro atoms. The van der Waals surface area contributed by atoms with E-state index in [1.807, 2.05) is 39.8 Å². The van der Waals surface area contributed by atoms with Crippen molar-refractivity contribution in [3.05, 3.63) is 77.9 Å². The molecular formula is C33H43N3O7S. The van der Waals surface area contributed by atoms with Gasteiger partial charge in [0.05, 0.1) is 31.9 Å². The van der Waals surface area contributed by atoms with Crippen molar-refractivity contribution >= 4 is 27.5 Å². The molecular weight excluding hydrogens is 582 g/mol. The number of sulfonamides is 1. The number of methoxy groups -OCH3 is 3. The normalized spacial score (nSPS) is 12.5. The first kappa shape index (κ1) is 34.2. The van der Waals surface area contributed by atoms with Crippen LogP contribution in [0.25, 0.3) is 0 Å². The van der Waals surface area contributed by atoms with E-state index in [0.29, 0.717) is 23.7 Å².